The molecule has 0 aliphatic heterocycles. The zero-order valence-corrected chi connectivity index (χ0v) is 11.0. The first-order valence-electron chi connectivity index (χ1n) is 6.90. The van der Waals surface area contributed by atoms with Gasteiger partial charge in [0, 0.05) is 12.6 Å². The Morgan fingerprint density at radius 1 is 1.17 bits per heavy atom. The lowest BCUT2D eigenvalue weighted by molar-refractivity contribution is 0.236. The van der Waals surface area contributed by atoms with Crippen molar-refractivity contribution in [3.63, 3.8) is 0 Å². The van der Waals surface area contributed by atoms with E-state index in [1.54, 1.807) is 0 Å². The summed E-state index contributed by atoms with van der Waals surface area (Å²) in [5.41, 5.74) is 2.47. The van der Waals surface area contributed by atoms with Crippen LogP contribution in [0.2, 0.25) is 0 Å². The fourth-order valence-corrected chi connectivity index (χ4v) is 2.38. The first kappa shape index (κ1) is 12.9. The van der Waals surface area contributed by atoms with Crippen molar-refractivity contribution in [2.75, 3.05) is 0 Å². The van der Waals surface area contributed by atoms with Gasteiger partial charge in [0.2, 0.25) is 0 Å². The van der Waals surface area contributed by atoms with E-state index in [1.165, 1.54) is 18.4 Å². The molecular formula is C15H22N2O. The van der Waals surface area contributed by atoms with Gasteiger partial charge in [0.05, 0.1) is 0 Å². The Morgan fingerprint density at radius 3 is 2.39 bits per heavy atom. The molecule has 0 spiro atoms. The van der Waals surface area contributed by atoms with Crippen LogP contribution < -0.4 is 10.6 Å². The molecule has 2 amide bonds. The van der Waals surface area contributed by atoms with Crippen molar-refractivity contribution in [3.8, 4) is 0 Å². The second kappa shape index (κ2) is 6.43. The quantitative estimate of drug-likeness (QED) is 0.842. The molecule has 0 bridgehead atoms. The van der Waals surface area contributed by atoms with Crippen LogP contribution in [-0.2, 0) is 13.0 Å². The number of nitrogens with one attached hydrogen (secondary N) is 2. The summed E-state index contributed by atoms with van der Waals surface area (Å²) in [7, 11) is 0. The number of urea groups is 1. The largest absolute Gasteiger partial charge is 0.335 e. The summed E-state index contributed by atoms with van der Waals surface area (Å²) in [6.45, 7) is 2.74. The Hall–Kier alpha value is -1.51. The first-order valence-corrected chi connectivity index (χ1v) is 6.90. The van der Waals surface area contributed by atoms with Gasteiger partial charge in [0.15, 0.2) is 0 Å². The molecule has 2 rings (SSSR count). The Kier molecular flexibility index (Phi) is 4.62. The lowest BCUT2D eigenvalue weighted by Gasteiger charge is -2.13. The van der Waals surface area contributed by atoms with E-state index in [-0.39, 0.29) is 6.03 Å². The van der Waals surface area contributed by atoms with Crippen molar-refractivity contribution in [2.24, 2.45) is 0 Å². The van der Waals surface area contributed by atoms with Gasteiger partial charge >= 0.3 is 6.03 Å². The van der Waals surface area contributed by atoms with E-state index in [0.29, 0.717) is 12.6 Å². The van der Waals surface area contributed by atoms with E-state index in [0.717, 1.165) is 24.8 Å². The third-order valence-corrected chi connectivity index (χ3v) is 3.57. The minimum Gasteiger partial charge on any atom is -0.335 e. The maximum atomic E-state index is 11.7. The molecule has 1 saturated carbocycles. The summed E-state index contributed by atoms with van der Waals surface area (Å²) in [6.07, 6.45) is 5.78. The van der Waals surface area contributed by atoms with E-state index < -0.39 is 0 Å². The van der Waals surface area contributed by atoms with Gasteiger partial charge in [-0.15, -0.1) is 0 Å². The van der Waals surface area contributed by atoms with E-state index in [1.807, 2.05) is 0 Å². The highest BCUT2D eigenvalue weighted by Crippen LogP contribution is 2.17. The summed E-state index contributed by atoms with van der Waals surface area (Å²) in [6, 6.07) is 8.73. The van der Waals surface area contributed by atoms with Gasteiger partial charge in [0.25, 0.3) is 0 Å². The predicted molar refractivity (Wildman–Crippen MR) is 73.4 cm³/mol. The van der Waals surface area contributed by atoms with Crippen molar-refractivity contribution >= 4 is 6.03 Å². The molecule has 0 unspecified atom stereocenters. The molecule has 3 heteroatoms. The molecular weight excluding hydrogens is 224 g/mol. The Balaban J connectivity index is 1.74. The van der Waals surface area contributed by atoms with Crippen molar-refractivity contribution in [1.29, 1.82) is 0 Å². The molecule has 98 valence electrons. The Morgan fingerprint density at radius 2 is 1.78 bits per heavy atom. The van der Waals surface area contributed by atoms with Crippen LogP contribution in [0.1, 0.15) is 43.7 Å². The zero-order chi connectivity index (χ0) is 12.8. The molecule has 1 aliphatic rings. The molecule has 3 nitrogen and oxygen atoms in total. The maximum absolute atomic E-state index is 11.7. The number of amides is 2. The van der Waals surface area contributed by atoms with Crippen LogP contribution in [0.5, 0.6) is 0 Å². The summed E-state index contributed by atoms with van der Waals surface area (Å²) < 4.78 is 0. The lowest BCUT2D eigenvalue weighted by Crippen LogP contribution is -2.40. The number of aryl methyl sites for hydroxylation is 1. The average molecular weight is 246 g/mol. The summed E-state index contributed by atoms with van der Waals surface area (Å²) in [5, 5.41) is 5.93. The van der Waals surface area contributed by atoms with Gasteiger partial charge < -0.3 is 10.6 Å². The molecule has 1 fully saturated rings. The van der Waals surface area contributed by atoms with Gasteiger partial charge in [-0.2, -0.15) is 0 Å². The first-order chi connectivity index (χ1) is 8.78. The van der Waals surface area contributed by atoms with E-state index >= 15 is 0 Å². The highest BCUT2D eigenvalue weighted by molar-refractivity contribution is 5.74. The van der Waals surface area contributed by atoms with Crippen molar-refractivity contribution in [2.45, 2.75) is 51.6 Å². The molecule has 2 N–H and O–H groups in total. The van der Waals surface area contributed by atoms with Crippen LogP contribution in [-0.4, -0.2) is 12.1 Å². The van der Waals surface area contributed by atoms with Crippen molar-refractivity contribution in [3.05, 3.63) is 35.4 Å². The number of benzene rings is 1. The van der Waals surface area contributed by atoms with Crippen LogP contribution in [0.15, 0.2) is 24.3 Å². The number of hydrogen-bond donors (Lipinski definition) is 2. The number of carbonyl (C=O) groups excluding carboxylic acids is 1. The predicted octanol–water partition coefficient (Wildman–Crippen LogP) is 2.99. The topological polar surface area (TPSA) is 41.1 Å². The van der Waals surface area contributed by atoms with Gasteiger partial charge in [-0.25, -0.2) is 4.79 Å². The molecule has 0 saturated heterocycles. The minimum atomic E-state index is -0.0403. The molecule has 0 heterocycles. The summed E-state index contributed by atoms with van der Waals surface area (Å²) in [4.78, 5) is 11.7. The zero-order valence-electron chi connectivity index (χ0n) is 11.0. The van der Waals surface area contributed by atoms with Gasteiger partial charge in [-0.05, 0) is 30.4 Å². The van der Waals surface area contributed by atoms with E-state index in [2.05, 4.69) is 41.8 Å². The monoisotopic (exact) mass is 246 g/mol. The summed E-state index contributed by atoms with van der Waals surface area (Å²) >= 11 is 0. The van der Waals surface area contributed by atoms with Crippen LogP contribution in [0, 0.1) is 0 Å². The fraction of sp³-hybridized carbons (Fsp3) is 0.533. The number of carbonyl (C=O) groups is 1. The molecule has 0 aromatic heterocycles. The Labute approximate surface area is 109 Å². The average Bonchev–Trinajstić information content (AvgIpc) is 2.90. The summed E-state index contributed by atoms with van der Waals surface area (Å²) in [5.74, 6) is 0. The van der Waals surface area contributed by atoms with Crippen LogP contribution in [0.4, 0.5) is 4.79 Å². The van der Waals surface area contributed by atoms with Gasteiger partial charge in [-0.3, -0.25) is 0 Å². The molecule has 1 aromatic rings. The minimum absolute atomic E-state index is 0.0403. The maximum Gasteiger partial charge on any atom is 0.315 e. The third kappa shape index (κ3) is 3.76. The molecule has 18 heavy (non-hydrogen) atoms. The highest BCUT2D eigenvalue weighted by Gasteiger charge is 2.16. The molecule has 1 aromatic carbocycles. The second-order valence-corrected chi connectivity index (χ2v) is 4.98. The van der Waals surface area contributed by atoms with Crippen molar-refractivity contribution < 1.29 is 4.79 Å². The standard InChI is InChI=1S/C15H22N2O/c1-2-12-7-9-13(10-8-12)11-16-15(18)17-14-5-3-4-6-14/h7-10,14H,2-6,11H2,1H3,(H2,16,17,18). The van der Waals surface area contributed by atoms with Crippen LogP contribution in [0.3, 0.4) is 0 Å². The molecule has 0 radical (unpaired) electrons. The third-order valence-electron chi connectivity index (χ3n) is 3.57. The van der Waals surface area contributed by atoms with Crippen LogP contribution in [0.25, 0.3) is 0 Å². The number of rotatable bonds is 4. The van der Waals surface area contributed by atoms with Gasteiger partial charge in [0.1, 0.15) is 0 Å². The van der Waals surface area contributed by atoms with Crippen molar-refractivity contribution in [1.82, 2.24) is 10.6 Å². The smallest absolute Gasteiger partial charge is 0.315 e. The normalized spacial score (nSPS) is 15.6. The highest BCUT2D eigenvalue weighted by atomic mass is 16.2. The van der Waals surface area contributed by atoms with E-state index in [9.17, 15) is 4.79 Å². The molecule has 1 aliphatic carbocycles. The second-order valence-electron chi connectivity index (χ2n) is 4.98. The SMILES string of the molecule is CCc1ccc(CNC(=O)NC2CCCC2)cc1. The molecule has 0 atom stereocenters. The van der Waals surface area contributed by atoms with Crippen LogP contribution >= 0.6 is 0 Å². The Bertz CT molecular complexity index is 380. The van der Waals surface area contributed by atoms with Gasteiger partial charge in [-0.1, -0.05) is 44.0 Å². The fourth-order valence-electron chi connectivity index (χ4n) is 2.38. The lowest BCUT2D eigenvalue weighted by atomic mass is 10.1. The number of hydrogen-bond acceptors (Lipinski definition) is 1. The van der Waals surface area contributed by atoms with E-state index in [4.69, 9.17) is 0 Å².